The zero-order chi connectivity index (χ0) is 20.2. The van der Waals surface area contributed by atoms with Gasteiger partial charge in [0.15, 0.2) is 0 Å². The van der Waals surface area contributed by atoms with Gasteiger partial charge in [-0.25, -0.2) is 0 Å². The van der Waals surface area contributed by atoms with E-state index < -0.39 is 0 Å². The van der Waals surface area contributed by atoms with Gasteiger partial charge < -0.3 is 5.32 Å². The van der Waals surface area contributed by atoms with Crippen molar-refractivity contribution in [1.82, 2.24) is 5.32 Å². The van der Waals surface area contributed by atoms with Gasteiger partial charge in [-0.05, 0) is 56.4 Å². The molecule has 1 atom stereocenters. The first kappa shape index (κ1) is 23.4. The molecule has 1 aromatic rings. The molecule has 1 N–H and O–H groups in total. The average molecular weight is 384 g/mol. The summed E-state index contributed by atoms with van der Waals surface area (Å²) in [6.45, 7) is 21.3. The van der Waals surface area contributed by atoms with Crippen LogP contribution in [0.1, 0.15) is 64.0 Å². The molecule has 0 amide bonds. The second-order valence-corrected chi connectivity index (χ2v) is 8.62. The smallest absolute Gasteiger partial charge is 0.0727 e. The number of aryl methyl sites for hydroxylation is 2. The molecule has 0 heterocycles. The zero-order valence-corrected chi connectivity index (χ0v) is 18.6. The highest BCUT2D eigenvalue weighted by Crippen LogP contribution is 2.29. The van der Waals surface area contributed by atoms with Gasteiger partial charge in [-0.15, -0.1) is 6.58 Å². The fourth-order valence-corrected chi connectivity index (χ4v) is 3.73. The van der Waals surface area contributed by atoms with E-state index in [1.807, 2.05) is 0 Å². The van der Waals surface area contributed by atoms with Crippen LogP contribution in [-0.4, -0.2) is 0 Å². The van der Waals surface area contributed by atoms with Gasteiger partial charge in [0, 0.05) is 11.6 Å². The van der Waals surface area contributed by atoms with Crippen LogP contribution in [0.15, 0.2) is 71.3 Å². The molecule has 148 valence electrons. The van der Waals surface area contributed by atoms with E-state index in [9.17, 15) is 0 Å². The van der Waals surface area contributed by atoms with Crippen molar-refractivity contribution >= 4 is 11.8 Å². The Labute approximate surface area is 171 Å². The van der Waals surface area contributed by atoms with Crippen LogP contribution in [0.5, 0.6) is 0 Å². The van der Waals surface area contributed by atoms with Crippen LogP contribution >= 0.6 is 11.8 Å². The number of rotatable bonds is 13. The number of allylic oxidation sites excluding steroid dienone is 4. The van der Waals surface area contributed by atoms with Crippen molar-refractivity contribution in [2.24, 2.45) is 5.92 Å². The van der Waals surface area contributed by atoms with Crippen molar-refractivity contribution in [3.05, 3.63) is 82.4 Å². The van der Waals surface area contributed by atoms with Crippen molar-refractivity contribution < 1.29 is 0 Å². The van der Waals surface area contributed by atoms with Crippen LogP contribution in [0.3, 0.4) is 0 Å². The highest BCUT2D eigenvalue weighted by molar-refractivity contribution is 8.06. The standard InChI is InChI=1S/C25H37NS/c1-8-10-11-25(26-22(7)24(9-2)18-19(3)4)27-21(6)14-17-23-15-12-20(5)13-16-23/h11-13,15-16,24,26H,3,6-10,14,17-18H2,1-2,4-5H3/b25-11+. The molecule has 0 spiro atoms. The van der Waals surface area contributed by atoms with Gasteiger partial charge >= 0.3 is 0 Å². The van der Waals surface area contributed by atoms with Gasteiger partial charge in [0.1, 0.15) is 0 Å². The van der Waals surface area contributed by atoms with Gasteiger partial charge in [-0.2, -0.15) is 0 Å². The first-order valence-corrected chi connectivity index (χ1v) is 10.9. The van der Waals surface area contributed by atoms with Crippen LogP contribution < -0.4 is 5.32 Å². The second kappa shape index (κ2) is 12.7. The molecule has 0 aromatic heterocycles. The molecule has 0 radical (unpaired) electrons. The average Bonchev–Trinajstić information content (AvgIpc) is 2.63. The lowest BCUT2D eigenvalue weighted by molar-refractivity contribution is 0.561. The molecule has 2 heteroatoms. The van der Waals surface area contributed by atoms with E-state index in [0.29, 0.717) is 5.92 Å². The third-order valence-electron chi connectivity index (χ3n) is 4.55. The number of unbranched alkanes of at least 4 members (excludes halogenated alkanes) is 1. The lowest BCUT2D eigenvalue weighted by Crippen LogP contribution is -2.18. The Morgan fingerprint density at radius 3 is 2.37 bits per heavy atom. The molecule has 1 aromatic carbocycles. The van der Waals surface area contributed by atoms with Gasteiger partial charge in [-0.3, -0.25) is 0 Å². The van der Waals surface area contributed by atoms with Crippen LogP contribution in [-0.2, 0) is 6.42 Å². The molecule has 0 fully saturated rings. The maximum atomic E-state index is 4.30. The van der Waals surface area contributed by atoms with E-state index in [1.54, 1.807) is 11.8 Å². The molecular formula is C25H37NS. The van der Waals surface area contributed by atoms with E-state index in [0.717, 1.165) is 49.3 Å². The summed E-state index contributed by atoms with van der Waals surface area (Å²) in [4.78, 5) is 1.19. The predicted octanol–water partition coefficient (Wildman–Crippen LogP) is 7.91. The quantitative estimate of drug-likeness (QED) is 0.347. The van der Waals surface area contributed by atoms with Gasteiger partial charge in [0.05, 0.1) is 5.03 Å². The molecule has 0 saturated heterocycles. The number of hydrogen-bond acceptors (Lipinski definition) is 2. The molecule has 1 nitrogen and oxygen atoms in total. The Bertz CT molecular complexity index is 651. The summed E-state index contributed by atoms with van der Waals surface area (Å²) in [6.07, 6.45) is 8.54. The van der Waals surface area contributed by atoms with Crippen LogP contribution in [0.4, 0.5) is 0 Å². The first-order chi connectivity index (χ1) is 12.8. The van der Waals surface area contributed by atoms with Crippen molar-refractivity contribution in [3.8, 4) is 0 Å². The molecule has 27 heavy (non-hydrogen) atoms. The molecule has 0 bridgehead atoms. The predicted molar refractivity (Wildman–Crippen MR) is 125 cm³/mol. The SMILES string of the molecule is C=C(C)CC(CC)C(=C)N/C(=C\CCC)SC(=C)CCc1ccc(C)cc1. The largest absolute Gasteiger partial charge is 0.354 e. The fourth-order valence-electron chi connectivity index (χ4n) is 2.83. The number of benzene rings is 1. The van der Waals surface area contributed by atoms with E-state index in [1.165, 1.54) is 21.6 Å². The Hall–Kier alpha value is -1.67. The minimum absolute atomic E-state index is 0.425. The summed E-state index contributed by atoms with van der Waals surface area (Å²) in [5.41, 5.74) is 4.96. The summed E-state index contributed by atoms with van der Waals surface area (Å²) in [6, 6.07) is 8.78. The lowest BCUT2D eigenvalue weighted by Gasteiger charge is -2.21. The van der Waals surface area contributed by atoms with Crippen molar-refractivity contribution in [2.75, 3.05) is 0 Å². The minimum Gasteiger partial charge on any atom is -0.354 e. The lowest BCUT2D eigenvalue weighted by atomic mass is 9.95. The van der Waals surface area contributed by atoms with E-state index >= 15 is 0 Å². The summed E-state index contributed by atoms with van der Waals surface area (Å²) in [7, 11) is 0. The van der Waals surface area contributed by atoms with Gasteiger partial charge in [0.25, 0.3) is 0 Å². The second-order valence-electron chi connectivity index (χ2n) is 7.40. The third-order valence-corrected chi connectivity index (χ3v) is 5.53. The minimum atomic E-state index is 0.425. The molecular weight excluding hydrogens is 346 g/mol. The molecule has 0 aliphatic heterocycles. The molecule has 0 aliphatic rings. The van der Waals surface area contributed by atoms with Crippen molar-refractivity contribution in [1.29, 1.82) is 0 Å². The topological polar surface area (TPSA) is 12.0 Å². The molecule has 1 rings (SSSR count). The first-order valence-electron chi connectivity index (χ1n) is 10.1. The highest BCUT2D eigenvalue weighted by atomic mass is 32.2. The Balaban J connectivity index is 2.64. The zero-order valence-electron chi connectivity index (χ0n) is 17.7. The molecule has 0 aliphatic carbocycles. The molecule has 1 unspecified atom stereocenters. The van der Waals surface area contributed by atoms with Crippen LogP contribution in [0.25, 0.3) is 0 Å². The van der Waals surface area contributed by atoms with Crippen molar-refractivity contribution in [3.63, 3.8) is 0 Å². The number of hydrogen-bond donors (Lipinski definition) is 1. The Morgan fingerprint density at radius 2 is 1.81 bits per heavy atom. The Kier molecular flexibility index (Phi) is 11.0. The van der Waals surface area contributed by atoms with E-state index in [2.05, 4.69) is 83.1 Å². The summed E-state index contributed by atoms with van der Waals surface area (Å²) in [5, 5.41) is 4.74. The van der Waals surface area contributed by atoms with Gasteiger partial charge in [-0.1, -0.05) is 86.7 Å². The summed E-state index contributed by atoms with van der Waals surface area (Å²) in [5.74, 6) is 0.425. The van der Waals surface area contributed by atoms with Gasteiger partial charge in [0.2, 0.25) is 0 Å². The maximum Gasteiger partial charge on any atom is 0.0727 e. The van der Waals surface area contributed by atoms with Crippen LogP contribution in [0, 0.1) is 12.8 Å². The molecule has 0 saturated carbocycles. The monoisotopic (exact) mass is 383 g/mol. The van der Waals surface area contributed by atoms with E-state index in [4.69, 9.17) is 0 Å². The maximum absolute atomic E-state index is 4.30. The normalized spacial score (nSPS) is 12.5. The highest BCUT2D eigenvalue weighted by Gasteiger charge is 2.13. The Morgan fingerprint density at radius 1 is 1.15 bits per heavy atom. The summed E-state index contributed by atoms with van der Waals surface area (Å²) >= 11 is 1.75. The third kappa shape index (κ3) is 9.72. The number of nitrogens with one attached hydrogen (secondary N) is 1. The summed E-state index contributed by atoms with van der Waals surface area (Å²) < 4.78 is 0. The van der Waals surface area contributed by atoms with Crippen LogP contribution in [0.2, 0.25) is 0 Å². The van der Waals surface area contributed by atoms with E-state index in [-0.39, 0.29) is 0 Å². The fraction of sp³-hybridized carbons (Fsp3) is 0.440. The number of thioether (sulfide) groups is 1. The van der Waals surface area contributed by atoms with Crippen molar-refractivity contribution in [2.45, 2.75) is 66.2 Å².